The third kappa shape index (κ3) is 2.06. The minimum absolute atomic E-state index is 0.0122. The molecule has 0 bridgehead atoms. The van der Waals surface area contributed by atoms with Gasteiger partial charge in [0.15, 0.2) is 23.0 Å². The summed E-state index contributed by atoms with van der Waals surface area (Å²) < 4.78 is 22.1. The van der Waals surface area contributed by atoms with Gasteiger partial charge in [0.25, 0.3) is 0 Å². The molecule has 1 amide bonds. The van der Waals surface area contributed by atoms with E-state index in [4.69, 9.17) is 18.9 Å². The lowest BCUT2D eigenvalue weighted by Gasteiger charge is -2.29. The number of anilines is 1. The zero-order valence-corrected chi connectivity index (χ0v) is 12.8. The normalized spacial score (nSPS) is 20.3. The fraction of sp³-hybridized carbons (Fsp3) is 0.278. The van der Waals surface area contributed by atoms with Gasteiger partial charge in [-0.05, 0) is 29.3 Å². The summed E-state index contributed by atoms with van der Waals surface area (Å²) in [5, 5.41) is 2.93. The molecule has 0 radical (unpaired) electrons. The van der Waals surface area contributed by atoms with Crippen LogP contribution in [0.3, 0.4) is 0 Å². The molecule has 3 heterocycles. The topological polar surface area (TPSA) is 66.0 Å². The number of carbonyl (C=O) groups excluding carboxylic acids is 1. The van der Waals surface area contributed by atoms with Gasteiger partial charge in [-0.3, -0.25) is 4.79 Å². The number of hydrogen-bond acceptors (Lipinski definition) is 5. The number of hydrogen-bond donors (Lipinski definition) is 1. The van der Waals surface area contributed by atoms with Gasteiger partial charge in [-0.1, -0.05) is 6.07 Å². The highest BCUT2D eigenvalue weighted by Gasteiger charge is 2.30. The summed E-state index contributed by atoms with van der Waals surface area (Å²) in [4.78, 5) is 12.2. The zero-order valence-electron chi connectivity index (χ0n) is 12.8. The maximum Gasteiger partial charge on any atom is 0.231 e. The second-order valence-corrected chi connectivity index (χ2v) is 6.00. The smallest absolute Gasteiger partial charge is 0.231 e. The van der Waals surface area contributed by atoms with E-state index in [1.807, 2.05) is 30.3 Å². The van der Waals surface area contributed by atoms with Gasteiger partial charge in [-0.25, -0.2) is 0 Å². The van der Waals surface area contributed by atoms with E-state index in [1.165, 1.54) is 0 Å². The van der Waals surface area contributed by atoms with Crippen molar-refractivity contribution in [3.8, 4) is 23.0 Å². The third-order valence-corrected chi connectivity index (χ3v) is 4.55. The molecular formula is C18H15NO5. The quantitative estimate of drug-likeness (QED) is 0.873. The molecule has 3 aliphatic rings. The van der Waals surface area contributed by atoms with Gasteiger partial charge in [0.05, 0.1) is 0 Å². The first kappa shape index (κ1) is 13.5. The van der Waals surface area contributed by atoms with Crippen molar-refractivity contribution in [1.82, 2.24) is 0 Å². The summed E-state index contributed by atoms with van der Waals surface area (Å²) in [7, 11) is 0. The van der Waals surface area contributed by atoms with Crippen LogP contribution in [0, 0.1) is 0 Å². The zero-order chi connectivity index (χ0) is 16.1. The minimum Gasteiger partial charge on any atom is -0.486 e. The lowest BCUT2D eigenvalue weighted by atomic mass is 9.84. The molecule has 2 aromatic carbocycles. The summed E-state index contributed by atoms with van der Waals surface area (Å²) in [5.74, 6) is 2.79. The van der Waals surface area contributed by atoms with Crippen molar-refractivity contribution in [1.29, 1.82) is 0 Å². The fourth-order valence-corrected chi connectivity index (χ4v) is 3.42. The van der Waals surface area contributed by atoms with E-state index < -0.39 is 0 Å². The van der Waals surface area contributed by atoms with Crippen LogP contribution >= 0.6 is 0 Å². The molecular weight excluding hydrogens is 310 g/mol. The van der Waals surface area contributed by atoms with Gasteiger partial charge in [0.1, 0.15) is 13.2 Å². The van der Waals surface area contributed by atoms with Gasteiger partial charge in [-0.2, -0.15) is 0 Å². The molecule has 0 aromatic heterocycles. The van der Waals surface area contributed by atoms with Crippen LogP contribution in [-0.2, 0) is 4.79 Å². The Morgan fingerprint density at radius 1 is 0.875 bits per heavy atom. The van der Waals surface area contributed by atoms with Crippen molar-refractivity contribution in [3.63, 3.8) is 0 Å². The van der Waals surface area contributed by atoms with Gasteiger partial charge in [-0.15, -0.1) is 0 Å². The summed E-state index contributed by atoms with van der Waals surface area (Å²) >= 11 is 0. The van der Waals surface area contributed by atoms with Crippen LogP contribution in [0.1, 0.15) is 23.5 Å². The van der Waals surface area contributed by atoms with E-state index in [0.29, 0.717) is 25.4 Å². The lowest BCUT2D eigenvalue weighted by Crippen LogP contribution is -2.24. The Kier molecular flexibility index (Phi) is 2.85. The van der Waals surface area contributed by atoms with E-state index in [0.717, 1.165) is 34.1 Å². The van der Waals surface area contributed by atoms with Crippen LogP contribution in [-0.4, -0.2) is 25.9 Å². The summed E-state index contributed by atoms with van der Waals surface area (Å²) in [6.07, 6.45) is 0.381. The molecule has 1 atom stereocenters. The molecule has 2 aromatic rings. The van der Waals surface area contributed by atoms with Crippen LogP contribution in [0.15, 0.2) is 30.3 Å². The molecule has 24 heavy (non-hydrogen) atoms. The number of benzene rings is 2. The predicted octanol–water partition coefficient (Wildman–Crippen LogP) is 2.66. The number of ether oxygens (including phenoxy) is 4. The van der Waals surface area contributed by atoms with Crippen molar-refractivity contribution in [2.24, 2.45) is 0 Å². The number of carbonyl (C=O) groups is 1. The number of rotatable bonds is 1. The molecule has 122 valence electrons. The second kappa shape index (κ2) is 5.06. The van der Waals surface area contributed by atoms with Gasteiger partial charge in [0.2, 0.25) is 12.7 Å². The average Bonchev–Trinajstić information content (AvgIpc) is 3.07. The van der Waals surface area contributed by atoms with Crippen LogP contribution in [0.4, 0.5) is 5.69 Å². The van der Waals surface area contributed by atoms with E-state index in [9.17, 15) is 4.79 Å². The van der Waals surface area contributed by atoms with Crippen LogP contribution in [0.5, 0.6) is 23.0 Å². The molecule has 0 saturated heterocycles. The van der Waals surface area contributed by atoms with E-state index in [2.05, 4.69) is 5.32 Å². The van der Waals surface area contributed by atoms with Gasteiger partial charge >= 0.3 is 0 Å². The Bertz CT molecular complexity index is 848. The van der Waals surface area contributed by atoms with E-state index in [-0.39, 0.29) is 18.6 Å². The van der Waals surface area contributed by atoms with Crippen molar-refractivity contribution < 1.29 is 23.7 Å². The van der Waals surface area contributed by atoms with Crippen LogP contribution in [0.2, 0.25) is 0 Å². The van der Waals surface area contributed by atoms with Crippen LogP contribution in [0.25, 0.3) is 0 Å². The summed E-state index contributed by atoms with van der Waals surface area (Å²) in [6, 6.07) is 9.64. The van der Waals surface area contributed by atoms with Gasteiger partial charge < -0.3 is 24.3 Å². The first-order chi connectivity index (χ1) is 11.8. The monoisotopic (exact) mass is 325 g/mol. The second-order valence-electron chi connectivity index (χ2n) is 6.00. The number of nitrogens with one attached hydrogen (secondary N) is 1. The van der Waals surface area contributed by atoms with Crippen molar-refractivity contribution in [2.75, 3.05) is 25.3 Å². The first-order valence-electron chi connectivity index (χ1n) is 7.91. The highest BCUT2D eigenvalue weighted by Crippen LogP contribution is 2.45. The Balaban J connectivity index is 1.61. The maximum atomic E-state index is 12.2. The Hall–Kier alpha value is -2.89. The number of amides is 1. The fourth-order valence-electron chi connectivity index (χ4n) is 3.42. The highest BCUT2D eigenvalue weighted by molar-refractivity contribution is 5.96. The number of fused-ring (bicyclic) bond motifs is 3. The summed E-state index contributed by atoms with van der Waals surface area (Å²) in [6.45, 7) is 1.29. The molecule has 6 heteroatoms. The minimum atomic E-state index is -0.0564. The molecule has 0 unspecified atom stereocenters. The van der Waals surface area contributed by atoms with Crippen molar-refractivity contribution in [3.05, 3.63) is 41.5 Å². The third-order valence-electron chi connectivity index (χ3n) is 4.55. The molecule has 3 aliphatic heterocycles. The SMILES string of the molecule is O=C1C[C@@H](c2ccc3c(c2)OCO3)c2cc3c(cc2N1)OCCO3. The molecule has 0 saturated carbocycles. The predicted molar refractivity (Wildman–Crippen MR) is 85.1 cm³/mol. The van der Waals surface area contributed by atoms with E-state index in [1.54, 1.807) is 0 Å². The Morgan fingerprint density at radius 3 is 2.50 bits per heavy atom. The van der Waals surface area contributed by atoms with Gasteiger partial charge in [0, 0.05) is 24.1 Å². The molecule has 0 aliphatic carbocycles. The molecule has 1 N–H and O–H groups in total. The average molecular weight is 325 g/mol. The maximum absolute atomic E-state index is 12.2. The summed E-state index contributed by atoms with van der Waals surface area (Å²) in [5.41, 5.74) is 2.82. The first-order valence-corrected chi connectivity index (χ1v) is 7.91. The molecule has 0 fully saturated rings. The molecule has 0 spiro atoms. The van der Waals surface area contributed by atoms with E-state index >= 15 is 0 Å². The standard InChI is InChI=1S/C18H15NO5/c20-18-7-11(10-1-2-14-15(5-10)24-9-23-14)12-6-16-17(8-13(12)19-18)22-4-3-21-16/h1-2,5-6,8,11H,3-4,7,9H2,(H,19,20)/t11-/m0/s1. The van der Waals surface area contributed by atoms with Crippen LogP contribution < -0.4 is 24.3 Å². The Labute approximate surface area is 138 Å². The molecule has 6 nitrogen and oxygen atoms in total. The Morgan fingerprint density at radius 2 is 1.62 bits per heavy atom. The molecule has 5 rings (SSSR count). The lowest BCUT2D eigenvalue weighted by molar-refractivity contribution is -0.116. The largest absolute Gasteiger partial charge is 0.486 e. The van der Waals surface area contributed by atoms with Crippen molar-refractivity contribution in [2.45, 2.75) is 12.3 Å². The van der Waals surface area contributed by atoms with Crippen molar-refractivity contribution >= 4 is 11.6 Å². The highest BCUT2D eigenvalue weighted by atomic mass is 16.7.